The van der Waals surface area contributed by atoms with E-state index in [1.54, 1.807) is 26.8 Å². The molecule has 3 heterocycles. The second-order valence-corrected chi connectivity index (χ2v) is 11.9. The maximum absolute atomic E-state index is 12.8. The van der Waals surface area contributed by atoms with Gasteiger partial charge in [-0.15, -0.1) is 0 Å². The molecule has 0 bridgehead atoms. The van der Waals surface area contributed by atoms with Gasteiger partial charge < -0.3 is 28.5 Å². The average molecular weight is 605 g/mol. The van der Waals surface area contributed by atoms with Crippen LogP contribution >= 0.6 is 27.5 Å². The van der Waals surface area contributed by atoms with Gasteiger partial charge in [-0.1, -0.05) is 16.8 Å². The zero-order chi connectivity index (χ0) is 27.3. The van der Waals surface area contributed by atoms with Crippen molar-refractivity contribution >= 4 is 44.6 Å². The molecule has 200 valence electrons. The molecular formula is C27H27BrClN3O6. The normalized spacial score (nSPS) is 16.9. The SMILES string of the molecule is CC(C)(C)OC(=O)NC1(c2cc3cc(-c4noc(-c5ccc(Br)c(Cl)c5)n4)ccc3o2)COC(C)(C)OC1. The lowest BCUT2D eigenvalue weighted by atomic mass is 9.96. The molecular weight excluding hydrogens is 578 g/mol. The van der Waals surface area contributed by atoms with Gasteiger partial charge in [0.1, 0.15) is 22.5 Å². The van der Waals surface area contributed by atoms with Crippen LogP contribution in [0.3, 0.4) is 0 Å². The highest BCUT2D eigenvalue weighted by atomic mass is 79.9. The average Bonchev–Trinajstić information content (AvgIpc) is 3.48. The van der Waals surface area contributed by atoms with Crippen LogP contribution in [0.5, 0.6) is 0 Å². The van der Waals surface area contributed by atoms with E-state index in [1.165, 1.54) is 0 Å². The number of nitrogens with zero attached hydrogens (tertiary/aromatic N) is 2. The molecule has 1 saturated heterocycles. The largest absolute Gasteiger partial charge is 0.458 e. The van der Waals surface area contributed by atoms with Crippen molar-refractivity contribution in [1.82, 2.24) is 15.5 Å². The molecule has 0 saturated carbocycles. The fourth-order valence-corrected chi connectivity index (χ4v) is 4.38. The highest BCUT2D eigenvalue weighted by Gasteiger charge is 2.46. The number of hydrogen-bond donors (Lipinski definition) is 1. The van der Waals surface area contributed by atoms with Crippen molar-refractivity contribution < 1.29 is 27.9 Å². The van der Waals surface area contributed by atoms with Gasteiger partial charge in [0.25, 0.3) is 5.89 Å². The van der Waals surface area contributed by atoms with Crippen LogP contribution in [0.4, 0.5) is 4.79 Å². The lowest BCUT2D eigenvalue weighted by Crippen LogP contribution is -2.59. The van der Waals surface area contributed by atoms with E-state index in [2.05, 4.69) is 31.4 Å². The number of fused-ring (bicyclic) bond motifs is 1. The number of halogens is 2. The first kappa shape index (κ1) is 26.7. The summed E-state index contributed by atoms with van der Waals surface area (Å²) in [6.45, 7) is 9.30. The van der Waals surface area contributed by atoms with Crippen LogP contribution in [0.1, 0.15) is 40.4 Å². The molecule has 5 rings (SSSR count). The Morgan fingerprint density at radius 3 is 2.47 bits per heavy atom. The van der Waals surface area contributed by atoms with Crippen LogP contribution in [0.15, 0.2) is 55.9 Å². The summed E-state index contributed by atoms with van der Waals surface area (Å²) in [5.41, 5.74) is 0.294. The number of ether oxygens (including phenoxy) is 3. The van der Waals surface area contributed by atoms with E-state index >= 15 is 0 Å². The van der Waals surface area contributed by atoms with Crippen LogP contribution < -0.4 is 5.32 Å². The first-order valence-electron chi connectivity index (χ1n) is 12.0. The van der Waals surface area contributed by atoms with Crippen molar-refractivity contribution in [2.75, 3.05) is 13.2 Å². The highest BCUT2D eigenvalue weighted by molar-refractivity contribution is 9.10. The first-order valence-corrected chi connectivity index (χ1v) is 13.1. The Kier molecular flexibility index (Phi) is 6.79. The maximum Gasteiger partial charge on any atom is 0.408 e. The maximum atomic E-state index is 12.8. The molecule has 1 aliphatic heterocycles. The standard InChI is InChI=1S/C27H27BrClN3O6/c1-25(2,3)37-24(33)31-27(13-34-26(4,5)35-14-27)21-12-17-10-15(7-9-20(17)36-21)22-30-23(38-32-22)16-6-8-18(28)19(29)11-16/h6-12H,13-14H2,1-5H3,(H,31,33). The number of furan rings is 1. The number of nitrogens with one attached hydrogen (secondary N) is 1. The predicted molar refractivity (Wildman–Crippen MR) is 145 cm³/mol. The number of hydrogen-bond acceptors (Lipinski definition) is 8. The third-order valence-electron chi connectivity index (χ3n) is 5.91. The Bertz CT molecular complexity index is 1500. The number of carbonyl (C=O) groups is 1. The predicted octanol–water partition coefficient (Wildman–Crippen LogP) is 7.07. The Labute approximate surface area is 232 Å². The summed E-state index contributed by atoms with van der Waals surface area (Å²) < 4.78 is 29.8. The van der Waals surface area contributed by atoms with Gasteiger partial charge in [-0.05, 0) is 93.0 Å². The Morgan fingerprint density at radius 1 is 1.08 bits per heavy atom. The topological polar surface area (TPSA) is 109 Å². The Morgan fingerprint density at radius 2 is 1.79 bits per heavy atom. The fraction of sp³-hybridized carbons (Fsp3) is 0.370. The summed E-state index contributed by atoms with van der Waals surface area (Å²) in [5, 5.41) is 8.38. The zero-order valence-corrected chi connectivity index (χ0v) is 23.9. The Hall–Kier alpha value is -2.92. The van der Waals surface area contributed by atoms with E-state index in [0.29, 0.717) is 33.6 Å². The van der Waals surface area contributed by atoms with Crippen LogP contribution in [-0.2, 0) is 19.7 Å². The summed E-state index contributed by atoms with van der Waals surface area (Å²) in [6, 6.07) is 12.8. The van der Waals surface area contributed by atoms with E-state index in [9.17, 15) is 4.79 Å². The number of aromatic nitrogens is 2. The third kappa shape index (κ3) is 5.58. The molecule has 1 aliphatic rings. The molecule has 1 N–H and O–H groups in total. The second kappa shape index (κ2) is 9.68. The number of amides is 1. The molecule has 4 aromatic rings. The quantitative estimate of drug-likeness (QED) is 0.263. The monoisotopic (exact) mass is 603 g/mol. The second-order valence-electron chi connectivity index (χ2n) is 10.6. The summed E-state index contributed by atoms with van der Waals surface area (Å²) in [4.78, 5) is 17.3. The van der Waals surface area contributed by atoms with Gasteiger partial charge in [-0.25, -0.2) is 4.79 Å². The number of rotatable bonds is 4. The molecule has 0 aliphatic carbocycles. The van der Waals surface area contributed by atoms with E-state index in [4.69, 9.17) is 34.8 Å². The van der Waals surface area contributed by atoms with Gasteiger partial charge in [0.05, 0.1) is 18.2 Å². The molecule has 0 radical (unpaired) electrons. The third-order valence-corrected chi connectivity index (χ3v) is 7.14. The van der Waals surface area contributed by atoms with Crippen LogP contribution in [0.2, 0.25) is 5.02 Å². The van der Waals surface area contributed by atoms with Crippen LogP contribution in [0.25, 0.3) is 33.8 Å². The zero-order valence-electron chi connectivity index (χ0n) is 21.6. The van der Waals surface area contributed by atoms with Gasteiger partial charge in [0.2, 0.25) is 5.82 Å². The van der Waals surface area contributed by atoms with E-state index in [1.807, 2.05) is 50.2 Å². The van der Waals surface area contributed by atoms with Gasteiger partial charge in [0, 0.05) is 21.0 Å². The lowest BCUT2D eigenvalue weighted by molar-refractivity contribution is -0.274. The molecule has 0 atom stereocenters. The molecule has 9 nitrogen and oxygen atoms in total. The number of benzene rings is 2. The molecule has 0 unspecified atom stereocenters. The van der Waals surface area contributed by atoms with E-state index < -0.39 is 23.0 Å². The van der Waals surface area contributed by atoms with Gasteiger partial charge >= 0.3 is 6.09 Å². The molecule has 38 heavy (non-hydrogen) atoms. The Balaban J connectivity index is 1.46. The molecule has 1 amide bonds. The minimum absolute atomic E-state index is 0.135. The summed E-state index contributed by atoms with van der Waals surface area (Å²) in [7, 11) is 0. The fourth-order valence-electron chi connectivity index (χ4n) is 3.96. The van der Waals surface area contributed by atoms with E-state index in [-0.39, 0.29) is 13.2 Å². The molecule has 11 heteroatoms. The van der Waals surface area contributed by atoms with Gasteiger partial charge in [-0.2, -0.15) is 4.98 Å². The van der Waals surface area contributed by atoms with Crippen molar-refractivity contribution in [2.24, 2.45) is 0 Å². The molecule has 0 spiro atoms. The number of alkyl carbamates (subject to hydrolysis) is 1. The molecule has 2 aromatic heterocycles. The van der Waals surface area contributed by atoms with Crippen molar-refractivity contribution in [3.8, 4) is 22.8 Å². The highest BCUT2D eigenvalue weighted by Crippen LogP contribution is 2.36. The molecule has 1 fully saturated rings. The summed E-state index contributed by atoms with van der Waals surface area (Å²) >= 11 is 9.59. The minimum Gasteiger partial charge on any atom is -0.458 e. The molecule has 2 aromatic carbocycles. The smallest absolute Gasteiger partial charge is 0.408 e. The minimum atomic E-state index is -1.09. The van der Waals surface area contributed by atoms with Crippen molar-refractivity contribution in [2.45, 2.75) is 51.5 Å². The van der Waals surface area contributed by atoms with Crippen molar-refractivity contribution in [3.63, 3.8) is 0 Å². The van der Waals surface area contributed by atoms with Crippen LogP contribution in [0, 0.1) is 0 Å². The first-order chi connectivity index (χ1) is 17.8. The van der Waals surface area contributed by atoms with Crippen molar-refractivity contribution in [3.05, 3.63) is 57.7 Å². The van der Waals surface area contributed by atoms with E-state index in [0.717, 1.165) is 15.4 Å². The van der Waals surface area contributed by atoms with Crippen LogP contribution in [-0.4, -0.2) is 40.8 Å². The number of carbonyl (C=O) groups excluding carboxylic acids is 1. The van der Waals surface area contributed by atoms with Gasteiger partial charge in [0.15, 0.2) is 5.79 Å². The lowest BCUT2D eigenvalue weighted by Gasteiger charge is -2.42. The van der Waals surface area contributed by atoms with Gasteiger partial charge in [-0.3, -0.25) is 0 Å². The summed E-state index contributed by atoms with van der Waals surface area (Å²) in [6.07, 6.45) is -0.599. The summed E-state index contributed by atoms with van der Waals surface area (Å²) in [5.74, 6) is 0.441. The van der Waals surface area contributed by atoms with Crippen molar-refractivity contribution in [1.29, 1.82) is 0 Å².